The van der Waals surface area contributed by atoms with Crippen LogP contribution in [0.1, 0.15) is 21.5 Å². The van der Waals surface area contributed by atoms with E-state index in [2.05, 4.69) is 0 Å². The van der Waals surface area contributed by atoms with Crippen molar-refractivity contribution in [2.75, 3.05) is 26.2 Å². The van der Waals surface area contributed by atoms with E-state index in [0.717, 1.165) is 5.56 Å². The third-order valence-electron chi connectivity index (χ3n) is 4.52. The normalized spacial score (nSPS) is 14.5. The summed E-state index contributed by atoms with van der Waals surface area (Å²) in [6.45, 7) is 3.69. The van der Waals surface area contributed by atoms with Crippen LogP contribution in [0.2, 0.25) is 0 Å². The third-order valence-corrected chi connectivity index (χ3v) is 4.52. The molecule has 3 rings (SSSR count). The Balaban J connectivity index is 1.57. The molecule has 1 heterocycles. The average Bonchev–Trinajstić information content (AvgIpc) is 2.64. The van der Waals surface area contributed by atoms with Crippen LogP contribution in [0.25, 0.3) is 0 Å². The Bertz CT molecular complexity index is 769. The standard InChI is InChI=1S/C20H21FN2O2/c1-15-13-17(7-8-18(15)21)20(25)23-11-9-22(10-12-23)19(24)14-16-5-3-2-4-6-16/h2-8,13H,9-12,14H2,1H3. The minimum absolute atomic E-state index is 0.0796. The molecule has 0 unspecified atom stereocenters. The van der Waals surface area contributed by atoms with E-state index in [1.165, 1.54) is 12.1 Å². The summed E-state index contributed by atoms with van der Waals surface area (Å²) in [6.07, 6.45) is 0.381. The maximum Gasteiger partial charge on any atom is 0.253 e. The molecule has 0 bridgehead atoms. The highest BCUT2D eigenvalue weighted by atomic mass is 19.1. The number of piperazine rings is 1. The van der Waals surface area contributed by atoms with Gasteiger partial charge in [-0.2, -0.15) is 0 Å². The minimum Gasteiger partial charge on any atom is -0.339 e. The topological polar surface area (TPSA) is 40.6 Å². The van der Waals surface area contributed by atoms with Crippen LogP contribution in [0.5, 0.6) is 0 Å². The van der Waals surface area contributed by atoms with Crippen molar-refractivity contribution in [2.24, 2.45) is 0 Å². The van der Waals surface area contributed by atoms with Crippen LogP contribution in [0, 0.1) is 12.7 Å². The largest absolute Gasteiger partial charge is 0.339 e. The second-order valence-corrected chi connectivity index (χ2v) is 6.30. The Labute approximate surface area is 146 Å². The van der Waals surface area contributed by atoms with Crippen LogP contribution < -0.4 is 0 Å². The van der Waals surface area contributed by atoms with Crippen LogP contribution in [0.4, 0.5) is 4.39 Å². The third kappa shape index (κ3) is 4.05. The van der Waals surface area contributed by atoms with Gasteiger partial charge in [-0.15, -0.1) is 0 Å². The number of nitrogens with zero attached hydrogens (tertiary/aromatic N) is 2. The predicted molar refractivity (Wildman–Crippen MR) is 93.8 cm³/mol. The van der Waals surface area contributed by atoms with Crippen LogP contribution in [0.15, 0.2) is 48.5 Å². The summed E-state index contributed by atoms with van der Waals surface area (Å²) >= 11 is 0. The Hall–Kier alpha value is -2.69. The molecule has 2 amide bonds. The Morgan fingerprint density at radius 1 is 0.960 bits per heavy atom. The molecule has 1 saturated heterocycles. The summed E-state index contributed by atoms with van der Waals surface area (Å²) in [4.78, 5) is 28.4. The molecule has 2 aromatic carbocycles. The Morgan fingerprint density at radius 2 is 1.60 bits per heavy atom. The van der Waals surface area contributed by atoms with Gasteiger partial charge in [0.2, 0.25) is 5.91 Å². The number of carbonyl (C=O) groups is 2. The highest BCUT2D eigenvalue weighted by Gasteiger charge is 2.25. The quantitative estimate of drug-likeness (QED) is 0.862. The van der Waals surface area contributed by atoms with Crippen molar-refractivity contribution >= 4 is 11.8 Å². The molecular weight excluding hydrogens is 319 g/mol. The zero-order chi connectivity index (χ0) is 17.8. The highest BCUT2D eigenvalue weighted by Crippen LogP contribution is 2.14. The van der Waals surface area contributed by atoms with E-state index in [0.29, 0.717) is 43.7 Å². The van der Waals surface area contributed by atoms with E-state index in [9.17, 15) is 14.0 Å². The molecular formula is C20H21FN2O2. The van der Waals surface area contributed by atoms with Crippen molar-refractivity contribution in [1.29, 1.82) is 0 Å². The number of amides is 2. The van der Waals surface area contributed by atoms with E-state index in [1.807, 2.05) is 30.3 Å². The van der Waals surface area contributed by atoms with Crippen molar-refractivity contribution in [3.63, 3.8) is 0 Å². The van der Waals surface area contributed by atoms with Gasteiger partial charge in [0.15, 0.2) is 0 Å². The summed E-state index contributed by atoms with van der Waals surface area (Å²) in [5.41, 5.74) is 1.94. The van der Waals surface area contributed by atoms with E-state index in [4.69, 9.17) is 0 Å². The fraction of sp³-hybridized carbons (Fsp3) is 0.300. The van der Waals surface area contributed by atoms with Gasteiger partial charge in [-0.05, 0) is 36.2 Å². The molecule has 25 heavy (non-hydrogen) atoms. The molecule has 1 aliphatic heterocycles. The molecule has 0 atom stereocenters. The molecule has 0 N–H and O–H groups in total. The van der Waals surface area contributed by atoms with Gasteiger partial charge in [-0.25, -0.2) is 4.39 Å². The van der Waals surface area contributed by atoms with E-state index in [-0.39, 0.29) is 17.6 Å². The maximum atomic E-state index is 13.4. The molecule has 2 aromatic rings. The summed E-state index contributed by atoms with van der Waals surface area (Å²) in [7, 11) is 0. The first-order chi connectivity index (χ1) is 12.0. The number of halogens is 1. The van der Waals surface area contributed by atoms with Gasteiger partial charge in [0, 0.05) is 31.7 Å². The monoisotopic (exact) mass is 340 g/mol. The van der Waals surface area contributed by atoms with Crippen LogP contribution in [0.3, 0.4) is 0 Å². The molecule has 0 aliphatic carbocycles. The average molecular weight is 340 g/mol. The molecule has 0 radical (unpaired) electrons. The van der Waals surface area contributed by atoms with Crippen LogP contribution >= 0.6 is 0 Å². The summed E-state index contributed by atoms with van der Waals surface area (Å²) < 4.78 is 13.4. The smallest absolute Gasteiger partial charge is 0.253 e. The van der Waals surface area contributed by atoms with Crippen molar-refractivity contribution in [3.05, 3.63) is 71.0 Å². The second kappa shape index (κ2) is 7.47. The Morgan fingerprint density at radius 3 is 2.24 bits per heavy atom. The zero-order valence-corrected chi connectivity index (χ0v) is 14.2. The second-order valence-electron chi connectivity index (χ2n) is 6.30. The molecule has 0 aromatic heterocycles. The first-order valence-electron chi connectivity index (χ1n) is 8.42. The minimum atomic E-state index is -0.312. The van der Waals surface area contributed by atoms with Crippen LogP contribution in [-0.4, -0.2) is 47.8 Å². The SMILES string of the molecule is Cc1cc(C(=O)N2CCN(C(=O)Cc3ccccc3)CC2)ccc1F. The van der Waals surface area contributed by atoms with Gasteiger partial charge in [0.05, 0.1) is 6.42 Å². The van der Waals surface area contributed by atoms with Crippen molar-refractivity contribution in [2.45, 2.75) is 13.3 Å². The number of rotatable bonds is 3. The Kier molecular flexibility index (Phi) is 5.12. The van der Waals surface area contributed by atoms with Crippen molar-refractivity contribution in [1.82, 2.24) is 9.80 Å². The van der Waals surface area contributed by atoms with Gasteiger partial charge >= 0.3 is 0 Å². The molecule has 0 spiro atoms. The van der Waals surface area contributed by atoms with Gasteiger partial charge < -0.3 is 9.80 Å². The van der Waals surface area contributed by atoms with E-state index < -0.39 is 0 Å². The van der Waals surface area contributed by atoms with E-state index >= 15 is 0 Å². The maximum absolute atomic E-state index is 13.4. The molecule has 1 fully saturated rings. The number of aryl methyl sites for hydroxylation is 1. The zero-order valence-electron chi connectivity index (χ0n) is 14.2. The predicted octanol–water partition coefficient (Wildman–Crippen LogP) is 2.66. The number of hydrogen-bond acceptors (Lipinski definition) is 2. The van der Waals surface area contributed by atoms with Crippen molar-refractivity contribution < 1.29 is 14.0 Å². The summed E-state index contributed by atoms with van der Waals surface area (Å²) in [6, 6.07) is 14.1. The fourth-order valence-corrected chi connectivity index (χ4v) is 3.00. The van der Waals surface area contributed by atoms with Gasteiger partial charge in [-0.1, -0.05) is 30.3 Å². The molecule has 5 heteroatoms. The first kappa shape index (κ1) is 17.1. The fourth-order valence-electron chi connectivity index (χ4n) is 3.00. The van der Waals surface area contributed by atoms with Gasteiger partial charge in [0.25, 0.3) is 5.91 Å². The summed E-state index contributed by atoms with van der Waals surface area (Å²) in [5, 5.41) is 0. The molecule has 0 saturated carbocycles. The number of benzene rings is 2. The van der Waals surface area contributed by atoms with Gasteiger partial charge in [-0.3, -0.25) is 9.59 Å². The lowest BCUT2D eigenvalue weighted by Crippen LogP contribution is -2.51. The van der Waals surface area contributed by atoms with Crippen LogP contribution in [-0.2, 0) is 11.2 Å². The lowest BCUT2D eigenvalue weighted by Gasteiger charge is -2.35. The van der Waals surface area contributed by atoms with Crippen molar-refractivity contribution in [3.8, 4) is 0 Å². The highest BCUT2D eigenvalue weighted by molar-refractivity contribution is 5.94. The number of carbonyl (C=O) groups excluding carboxylic acids is 2. The van der Waals surface area contributed by atoms with Gasteiger partial charge in [0.1, 0.15) is 5.82 Å². The summed E-state index contributed by atoms with van der Waals surface area (Å²) in [5.74, 6) is -0.345. The number of hydrogen-bond donors (Lipinski definition) is 0. The molecule has 4 nitrogen and oxygen atoms in total. The lowest BCUT2D eigenvalue weighted by molar-refractivity contribution is -0.131. The molecule has 1 aliphatic rings. The lowest BCUT2D eigenvalue weighted by atomic mass is 10.1. The first-order valence-corrected chi connectivity index (χ1v) is 8.42. The van der Waals surface area contributed by atoms with E-state index in [1.54, 1.807) is 22.8 Å². The molecule has 130 valence electrons.